The average Bonchev–Trinajstić information content (AvgIpc) is 2.76. The third-order valence-corrected chi connectivity index (χ3v) is 5.30. The maximum Gasteiger partial charge on any atom is 0.330 e. The van der Waals surface area contributed by atoms with Crippen molar-refractivity contribution in [3.8, 4) is 0 Å². The first-order chi connectivity index (χ1) is 15.2. The van der Waals surface area contributed by atoms with E-state index in [1.54, 1.807) is 12.1 Å². The lowest BCUT2D eigenvalue weighted by atomic mass is 10.1. The molecule has 3 N–H and O–H groups in total. The number of rotatable bonds is 11. The van der Waals surface area contributed by atoms with Crippen molar-refractivity contribution in [1.29, 1.82) is 0 Å². The highest BCUT2D eigenvalue weighted by molar-refractivity contribution is 6.07. The van der Waals surface area contributed by atoms with Gasteiger partial charge in [0.05, 0.1) is 6.61 Å². The number of nitrogens with one attached hydrogen (secondary N) is 1. The molecule has 0 radical (unpaired) electrons. The van der Waals surface area contributed by atoms with Gasteiger partial charge in [-0.2, -0.15) is 0 Å². The molecule has 0 saturated carbocycles. The second-order valence-corrected chi connectivity index (χ2v) is 8.11. The molecular formula is C23H35N5O4. The number of aromatic nitrogens is 2. The lowest BCUT2D eigenvalue weighted by Crippen LogP contribution is -2.42. The van der Waals surface area contributed by atoms with Crippen LogP contribution >= 0.6 is 0 Å². The fourth-order valence-electron chi connectivity index (χ4n) is 3.50. The second kappa shape index (κ2) is 11.6. The first-order valence-electron chi connectivity index (χ1n) is 11.0. The average molecular weight is 446 g/mol. The predicted octanol–water partition coefficient (Wildman–Crippen LogP) is 1.91. The Morgan fingerprint density at radius 3 is 2.31 bits per heavy atom. The molecule has 0 aliphatic heterocycles. The smallest absolute Gasteiger partial charge is 0.330 e. The SMILES string of the molecule is CCN(CC)Cc1ccc(C(=O)N(CCOC)c2c(N)n(CC(C)C)c(=O)[nH]c2=O)cc1. The minimum absolute atomic E-state index is 0.0324. The lowest BCUT2D eigenvalue weighted by molar-refractivity contribution is 0.0975. The first kappa shape index (κ1) is 25.4. The normalized spacial score (nSPS) is 11.3. The van der Waals surface area contributed by atoms with Gasteiger partial charge < -0.3 is 10.5 Å². The molecule has 0 bridgehead atoms. The van der Waals surface area contributed by atoms with Crippen LogP contribution in [0.1, 0.15) is 43.6 Å². The molecule has 1 aromatic carbocycles. The Balaban J connectivity index is 2.45. The van der Waals surface area contributed by atoms with E-state index in [2.05, 4.69) is 23.7 Å². The highest BCUT2D eigenvalue weighted by atomic mass is 16.5. The van der Waals surface area contributed by atoms with Crippen molar-refractivity contribution in [2.24, 2.45) is 5.92 Å². The largest absolute Gasteiger partial charge is 0.383 e. The fourth-order valence-corrected chi connectivity index (χ4v) is 3.50. The summed E-state index contributed by atoms with van der Waals surface area (Å²) in [6, 6.07) is 7.31. The van der Waals surface area contributed by atoms with E-state index in [9.17, 15) is 14.4 Å². The van der Waals surface area contributed by atoms with E-state index in [1.807, 2.05) is 26.0 Å². The Bertz CT molecular complexity index is 1010. The van der Waals surface area contributed by atoms with Crippen molar-refractivity contribution in [2.45, 2.75) is 40.8 Å². The second-order valence-electron chi connectivity index (χ2n) is 8.11. The third kappa shape index (κ3) is 6.08. The zero-order valence-corrected chi connectivity index (χ0v) is 19.7. The van der Waals surface area contributed by atoms with Crippen LogP contribution in [-0.2, 0) is 17.8 Å². The summed E-state index contributed by atoms with van der Waals surface area (Å²) in [4.78, 5) is 44.2. The maximum absolute atomic E-state index is 13.4. The number of benzene rings is 1. The van der Waals surface area contributed by atoms with Crippen LogP contribution in [0.5, 0.6) is 0 Å². The molecule has 1 aromatic heterocycles. The number of H-pyrrole nitrogens is 1. The van der Waals surface area contributed by atoms with Gasteiger partial charge >= 0.3 is 5.69 Å². The van der Waals surface area contributed by atoms with Crippen molar-refractivity contribution < 1.29 is 9.53 Å². The van der Waals surface area contributed by atoms with E-state index < -0.39 is 11.2 Å². The van der Waals surface area contributed by atoms with E-state index in [4.69, 9.17) is 10.5 Å². The summed E-state index contributed by atoms with van der Waals surface area (Å²) in [5, 5.41) is 0. The molecule has 0 aliphatic rings. The number of nitrogens with two attached hydrogens (primary N) is 1. The van der Waals surface area contributed by atoms with Gasteiger partial charge in [0, 0.05) is 32.3 Å². The van der Waals surface area contributed by atoms with E-state index in [0.717, 1.165) is 25.2 Å². The van der Waals surface area contributed by atoms with Crippen molar-refractivity contribution >= 4 is 17.4 Å². The number of methoxy groups -OCH3 is 1. The number of carbonyl (C=O) groups is 1. The standard InChI is InChI=1S/C23H35N5O4/c1-6-26(7-2)15-17-8-10-18(11-9-17)22(30)27(12-13-32-5)19-20(24)28(14-16(3)4)23(31)25-21(19)29/h8-11,16H,6-7,12-15,24H2,1-5H3,(H,25,29,31). The third-order valence-electron chi connectivity index (χ3n) is 5.30. The highest BCUT2D eigenvalue weighted by Gasteiger charge is 2.25. The zero-order chi connectivity index (χ0) is 23.8. The van der Waals surface area contributed by atoms with Crippen molar-refractivity contribution in [1.82, 2.24) is 14.5 Å². The van der Waals surface area contributed by atoms with Gasteiger partial charge in [0.15, 0.2) is 5.69 Å². The molecule has 1 heterocycles. The summed E-state index contributed by atoms with van der Waals surface area (Å²) in [6.07, 6.45) is 0. The van der Waals surface area contributed by atoms with E-state index in [0.29, 0.717) is 12.1 Å². The van der Waals surface area contributed by atoms with Gasteiger partial charge in [-0.3, -0.25) is 28.9 Å². The summed E-state index contributed by atoms with van der Waals surface area (Å²) in [5.41, 5.74) is 6.42. The minimum atomic E-state index is -0.699. The van der Waals surface area contributed by atoms with Crippen LogP contribution in [0.25, 0.3) is 0 Å². The Hall–Kier alpha value is -2.91. The van der Waals surface area contributed by atoms with E-state index in [-0.39, 0.29) is 36.5 Å². The molecule has 0 spiro atoms. The number of nitrogens with zero attached hydrogens (tertiary/aromatic N) is 3. The summed E-state index contributed by atoms with van der Waals surface area (Å²) < 4.78 is 6.44. The molecule has 2 aromatic rings. The molecule has 0 atom stereocenters. The van der Waals surface area contributed by atoms with Gasteiger partial charge in [-0.1, -0.05) is 39.8 Å². The lowest BCUT2D eigenvalue weighted by Gasteiger charge is -2.25. The molecule has 0 unspecified atom stereocenters. The Kier molecular flexibility index (Phi) is 9.22. The predicted molar refractivity (Wildman–Crippen MR) is 127 cm³/mol. The molecule has 1 amide bonds. The number of hydrogen-bond acceptors (Lipinski definition) is 6. The van der Waals surface area contributed by atoms with Gasteiger partial charge in [-0.25, -0.2) is 4.79 Å². The highest BCUT2D eigenvalue weighted by Crippen LogP contribution is 2.20. The number of amides is 1. The van der Waals surface area contributed by atoms with Crippen molar-refractivity contribution in [2.75, 3.05) is 44.0 Å². The number of anilines is 2. The summed E-state index contributed by atoms with van der Waals surface area (Å²) in [6.45, 7) is 11.4. The van der Waals surface area contributed by atoms with Gasteiger partial charge in [0.25, 0.3) is 11.5 Å². The van der Waals surface area contributed by atoms with Crippen LogP contribution in [0.3, 0.4) is 0 Å². The zero-order valence-electron chi connectivity index (χ0n) is 19.7. The van der Waals surface area contributed by atoms with Crippen LogP contribution in [-0.4, -0.2) is 53.7 Å². The topological polar surface area (TPSA) is 114 Å². The molecule has 176 valence electrons. The minimum Gasteiger partial charge on any atom is -0.383 e. The van der Waals surface area contributed by atoms with Crippen molar-refractivity contribution in [3.63, 3.8) is 0 Å². The Morgan fingerprint density at radius 2 is 1.78 bits per heavy atom. The number of carbonyl (C=O) groups excluding carboxylic acids is 1. The molecule has 0 fully saturated rings. The van der Waals surface area contributed by atoms with Crippen LogP contribution in [0.15, 0.2) is 33.9 Å². The molecular weight excluding hydrogens is 410 g/mol. The maximum atomic E-state index is 13.4. The molecule has 32 heavy (non-hydrogen) atoms. The van der Waals surface area contributed by atoms with Gasteiger partial charge in [-0.05, 0) is 36.7 Å². The molecule has 9 heteroatoms. The van der Waals surface area contributed by atoms with Gasteiger partial charge in [0.1, 0.15) is 5.82 Å². The Labute approximate surface area is 188 Å². The van der Waals surface area contributed by atoms with Crippen LogP contribution in [0, 0.1) is 5.92 Å². The van der Waals surface area contributed by atoms with E-state index in [1.165, 1.54) is 16.6 Å². The van der Waals surface area contributed by atoms with Crippen LogP contribution in [0.2, 0.25) is 0 Å². The fraction of sp³-hybridized carbons (Fsp3) is 0.522. The molecule has 9 nitrogen and oxygen atoms in total. The number of ether oxygens (including phenoxy) is 1. The number of aromatic amines is 1. The quantitative estimate of drug-likeness (QED) is 0.546. The summed E-state index contributed by atoms with van der Waals surface area (Å²) >= 11 is 0. The summed E-state index contributed by atoms with van der Waals surface area (Å²) in [5.74, 6) is -0.298. The van der Waals surface area contributed by atoms with Gasteiger partial charge in [0.2, 0.25) is 0 Å². The monoisotopic (exact) mass is 445 g/mol. The molecule has 0 saturated heterocycles. The first-order valence-corrected chi connectivity index (χ1v) is 11.0. The number of hydrogen-bond donors (Lipinski definition) is 2. The number of nitrogen functional groups attached to an aromatic ring is 1. The van der Waals surface area contributed by atoms with Crippen LogP contribution < -0.4 is 21.9 Å². The van der Waals surface area contributed by atoms with Crippen LogP contribution in [0.4, 0.5) is 11.5 Å². The van der Waals surface area contributed by atoms with Gasteiger partial charge in [-0.15, -0.1) is 0 Å². The molecule has 2 rings (SSSR count). The van der Waals surface area contributed by atoms with Crippen molar-refractivity contribution in [3.05, 3.63) is 56.2 Å². The van der Waals surface area contributed by atoms with E-state index >= 15 is 0 Å². The molecule has 0 aliphatic carbocycles. The Morgan fingerprint density at radius 1 is 1.16 bits per heavy atom. The summed E-state index contributed by atoms with van der Waals surface area (Å²) in [7, 11) is 1.51.